The number of hydrogen-bond acceptors (Lipinski definition) is 2. The highest BCUT2D eigenvalue weighted by atomic mass is 127. The molecule has 0 spiro atoms. The Kier molecular flexibility index (Phi) is 5.19. The van der Waals surface area contributed by atoms with E-state index in [4.69, 9.17) is 0 Å². The van der Waals surface area contributed by atoms with Gasteiger partial charge >= 0.3 is 0 Å². The molecule has 0 aliphatic heterocycles. The topological polar surface area (TPSA) is 15.6 Å². The summed E-state index contributed by atoms with van der Waals surface area (Å²) >= 11 is 2.17. The van der Waals surface area contributed by atoms with Crippen LogP contribution in [0.1, 0.15) is 0 Å². The van der Waals surface area contributed by atoms with E-state index in [1.165, 1.54) is 0 Å². The van der Waals surface area contributed by atoms with Crippen LogP contribution in [0.2, 0.25) is 0 Å². The molecule has 0 amide bonds. The predicted octanol–water partition coefficient (Wildman–Crippen LogP) is 2.08. The molecule has 0 N–H and O–H groups in total. The fourth-order valence-electron chi connectivity index (χ4n) is 0.575. The van der Waals surface area contributed by atoms with Gasteiger partial charge in [-0.2, -0.15) is 0 Å². The first-order valence-corrected chi connectivity index (χ1v) is 4.31. The maximum Gasteiger partial charge on any atom is 0.0552 e. The smallest absolute Gasteiger partial charge is 0.0552 e. The van der Waals surface area contributed by atoms with Crippen molar-refractivity contribution in [3.63, 3.8) is 0 Å². The Labute approximate surface area is 81.8 Å². The number of aliphatic imine (C=N–C) groups is 1. The molecule has 0 aromatic rings. The molecule has 0 rings (SSSR count). The first-order chi connectivity index (χ1) is 5.07. The molecule has 0 heterocycles. The van der Waals surface area contributed by atoms with Gasteiger partial charge in [-0.25, -0.2) is 0 Å². The Hall–Kier alpha value is -0.320. The second-order valence-corrected chi connectivity index (χ2v) is 3.68. The van der Waals surface area contributed by atoms with E-state index in [0.29, 0.717) is 0 Å². The molecule has 0 saturated carbocycles. The van der Waals surface area contributed by atoms with Gasteiger partial charge in [-0.15, -0.1) is 0 Å². The summed E-state index contributed by atoms with van der Waals surface area (Å²) in [6.07, 6.45) is 3.79. The number of rotatable bonds is 3. The third-order valence-corrected chi connectivity index (χ3v) is 1.39. The van der Waals surface area contributed by atoms with Crippen LogP contribution in [0.4, 0.5) is 0 Å². The third-order valence-electron chi connectivity index (χ3n) is 1.08. The van der Waals surface area contributed by atoms with Crippen molar-refractivity contribution < 1.29 is 0 Å². The first-order valence-electron chi connectivity index (χ1n) is 3.23. The lowest BCUT2D eigenvalue weighted by atomic mass is 10.4. The zero-order chi connectivity index (χ0) is 8.85. The van der Waals surface area contributed by atoms with Crippen molar-refractivity contribution in [3.8, 4) is 0 Å². The van der Waals surface area contributed by atoms with E-state index in [-0.39, 0.29) is 0 Å². The van der Waals surface area contributed by atoms with Crippen LogP contribution in [0.3, 0.4) is 0 Å². The number of allylic oxidation sites excluding steroid dienone is 3. The molecule has 3 heteroatoms. The molecule has 11 heavy (non-hydrogen) atoms. The van der Waals surface area contributed by atoms with Gasteiger partial charge in [0, 0.05) is 30.9 Å². The van der Waals surface area contributed by atoms with Gasteiger partial charge in [-0.05, 0) is 28.7 Å². The van der Waals surface area contributed by atoms with Gasteiger partial charge in [0.15, 0.2) is 0 Å². The highest BCUT2D eigenvalue weighted by Crippen LogP contribution is 2.07. The van der Waals surface area contributed by atoms with Crippen molar-refractivity contribution in [1.29, 1.82) is 0 Å². The third kappa shape index (κ3) is 5.01. The summed E-state index contributed by atoms with van der Waals surface area (Å²) in [7, 11) is 5.72. The molecule has 0 fully saturated rings. The normalized spacial score (nSPS) is 12.2. The summed E-state index contributed by atoms with van der Waals surface area (Å²) < 4.78 is 1.01. The minimum Gasteiger partial charge on any atom is -0.376 e. The van der Waals surface area contributed by atoms with Crippen LogP contribution in [0.5, 0.6) is 0 Å². The van der Waals surface area contributed by atoms with Gasteiger partial charge in [0.1, 0.15) is 0 Å². The van der Waals surface area contributed by atoms with E-state index in [9.17, 15) is 0 Å². The van der Waals surface area contributed by atoms with Gasteiger partial charge in [-0.3, -0.25) is 4.99 Å². The Balaban J connectivity index is 4.46. The van der Waals surface area contributed by atoms with Crippen molar-refractivity contribution in [1.82, 2.24) is 4.90 Å². The lowest BCUT2D eigenvalue weighted by molar-refractivity contribution is 0.542. The van der Waals surface area contributed by atoms with E-state index < -0.39 is 0 Å². The average molecular weight is 264 g/mol. The molecule has 0 aromatic heterocycles. The molecule has 0 bridgehead atoms. The second-order valence-electron chi connectivity index (χ2n) is 2.30. The molecule has 62 valence electrons. The van der Waals surface area contributed by atoms with Crippen molar-refractivity contribution in [3.05, 3.63) is 21.9 Å². The summed E-state index contributed by atoms with van der Waals surface area (Å²) in [6.45, 7) is 3.78. The molecular weight excluding hydrogens is 251 g/mol. The zero-order valence-corrected chi connectivity index (χ0v) is 9.29. The fraction of sp³-hybridized carbons (Fsp3) is 0.375. The lowest BCUT2D eigenvalue weighted by Crippen LogP contribution is -2.11. The van der Waals surface area contributed by atoms with Crippen LogP contribution >= 0.6 is 22.6 Å². The molecule has 0 aromatic carbocycles. The minimum absolute atomic E-state index is 1.01. The minimum atomic E-state index is 1.01. The van der Waals surface area contributed by atoms with Crippen LogP contribution in [0.15, 0.2) is 26.9 Å². The maximum atomic E-state index is 3.93. The van der Waals surface area contributed by atoms with Crippen molar-refractivity contribution >= 4 is 28.8 Å². The molecular formula is C8H13IN2. The lowest BCUT2D eigenvalue weighted by Gasteiger charge is -2.12. The molecule has 2 nitrogen and oxygen atoms in total. The fourth-order valence-corrected chi connectivity index (χ4v) is 0.894. The summed E-state index contributed by atoms with van der Waals surface area (Å²) in [5.41, 5.74) is 1.06. The van der Waals surface area contributed by atoms with Crippen LogP contribution in [-0.2, 0) is 0 Å². The van der Waals surface area contributed by atoms with Crippen LogP contribution in [0, 0.1) is 0 Å². The van der Waals surface area contributed by atoms with Gasteiger partial charge in [-0.1, -0.05) is 6.58 Å². The Morgan fingerprint density at radius 3 is 2.36 bits per heavy atom. The quantitative estimate of drug-likeness (QED) is 0.433. The van der Waals surface area contributed by atoms with Gasteiger partial charge < -0.3 is 4.90 Å². The van der Waals surface area contributed by atoms with Gasteiger partial charge in [0.25, 0.3) is 0 Å². The number of nitrogens with zero attached hydrogens (tertiary/aromatic N) is 2. The predicted molar refractivity (Wildman–Crippen MR) is 59.3 cm³/mol. The first kappa shape index (κ1) is 10.7. The summed E-state index contributed by atoms with van der Waals surface area (Å²) in [5, 5.41) is 0. The highest BCUT2D eigenvalue weighted by molar-refractivity contribution is 14.1. The number of halogens is 1. The van der Waals surface area contributed by atoms with Gasteiger partial charge in [0.05, 0.1) is 5.70 Å². The Morgan fingerprint density at radius 1 is 1.55 bits per heavy atom. The Bertz CT molecular complexity index is 192. The van der Waals surface area contributed by atoms with E-state index in [1.807, 2.05) is 31.3 Å². The highest BCUT2D eigenvalue weighted by Gasteiger charge is 1.93. The molecule has 0 atom stereocenters. The molecule has 0 aliphatic rings. The standard InChI is InChI=1S/C8H13IN2/c1-7(9)5-8(6-10-2)11(3)4/h5-6H,1H2,2-4H3/b8-5+,10-6-. The van der Waals surface area contributed by atoms with Crippen LogP contribution in [0.25, 0.3) is 0 Å². The summed E-state index contributed by atoms with van der Waals surface area (Å²) in [6, 6.07) is 0. The van der Waals surface area contributed by atoms with E-state index in [2.05, 4.69) is 34.2 Å². The van der Waals surface area contributed by atoms with Crippen molar-refractivity contribution in [2.24, 2.45) is 4.99 Å². The van der Waals surface area contributed by atoms with E-state index >= 15 is 0 Å². The molecule has 0 radical (unpaired) electrons. The summed E-state index contributed by atoms with van der Waals surface area (Å²) in [5.74, 6) is 0. The monoisotopic (exact) mass is 264 g/mol. The van der Waals surface area contributed by atoms with E-state index in [0.717, 1.165) is 9.28 Å². The maximum absolute atomic E-state index is 3.93. The molecule has 0 unspecified atom stereocenters. The van der Waals surface area contributed by atoms with Crippen LogP contribution < -0.4 is 0 Å². The SMILES string of the molecule is C=C(I)/C=C(\C=N/C)N(C)C. The number of hydrogen-bond donors (Lipinski definition) is 0. The average Bonchev–Trinajstić information content (AvgIpc) is 1.86. The summed E-state index contributed by atoms with van der Waals surface area (Å²) in [4.78, 5) is 5.93. The molecule has 0 saturated heterocycles. The van der Waals surface area contributed by atoms with Gasteiger partial charge in [0.2, 0.25) is 0 Å². The van der Waals surface area contributed by atoms with Crippen molar-refractivity contribution in [2.75, 3.05) is 21.1 Å². The zero-order valence-electron chi connectivity index (χ0n) is 7.13. The van der Waals surface area contributed by atoms with Crippen molar-refractivity contribution in [2.45, 2.75) is 0 Å². The molecule has 0 aliphatic carbocycles. The van der Waals surface area contributed by atoms with E-state index in [1.54, 1.807) is 7.05 Å². The van der Waals surface area contributed by atoms with Crippen LogP contribution in [-0.4, -0.2) is 32.3 Å². The Morgan fingerprint density at radius 2 is 2.09 bits per heavy atom. The second kappa shape index (κ2) is 5.35. The largest absolute Gasteiger partial charge is 0.376 e.